The van der Waals surface area contributed by atoms with E-state index in [0.29, 0.717) is 12.4 Å². The second-order valence-corrected chi connectivity index (χ2v) is 11.1. The van der Waals surface area contributed by atoms with E-state index >= 15 is 0 Å². The number of aliphatic hydroxyl groups is 2. The average molecular weight is 542 g/mol. The van der Waals surface area contributed by atoms with Crippen LogP contribution in [0.3, 0.4) is 0 Å². The Balaban J connectivity index is 1.32. The number of hydrogen-bond acceptors (Lipinski definition) is 12. The van der Waals surface area contributed by atoms with E-state index in [4.69, 9.17) is 16.2 Å². The van der Waals surface area contributed by atoms with Crippen LogP contribution in [-0.2, 0) is 10.2 Å². The number of nitrogens with one attached hydrogen (secondary N) is 3. The SMILES string of the molecule is CC1(C)CCOc2c(C(=O)NC3CN4C(N)=N[C@@H](CN5C(=O)CNC5=O)[C@@H]5N=C(N)NC54C3(O)O)cccc21. The maximum atomic E-state index is 13.5. The second-order valence-electron chi connectivity index (χ2n) is 11.1. The quantitative estimate of drug-likeness (QED) is 0.152. The van der Waals surface area contributed by atoms with Gasteiger partial charge in [-0.3, -0.25) is 14.5 Å². The van der Waals surface area contributed by atoms with Gasteiger partial charge in [-0.15, -0.1) is 0 Å². The van der Waals surface area contributed by atoms with Crippen LogP contribution >= 0.6 is 0 Å². The third kappa shape index (κ3) is 3.45. The molecular formula is C24H31N9O6. The van der Waals surface area contributed by atoms with Gasteiger partial charge in [0, 0.05) is 12.1 Å². The van der Waals surface area contributed by atoms with Gasteiger partial charge in [0.05, 0.1) is 31.3 Å². The Hall–Kier alpha value is -4.11. The molecule has 1 aromatic rings. The van der Waals surface area contributed by atoms with Crippen molar-refractivity contribution in [3.8, 4) is 5.75 Å². The summed E-state index contributed by atoms with van der Waals surface area (Å²) in [6, 6.07) is 1.44. The third-order valence-electron chi connectivity index (χ3n) is 8.38. The molecule has 2 fully saturated rings. The normalized spacial score (nSPS) is 31.7. The molecule has 1 spiro atoms. The number of amides is 4. The van der Waals surface area contributed by atoms with Crippen molar-refractivity contribution in [2.45, 2.75) is 55.3 Å². The highest BCUT2D eigenvalue weighted by atomic mass is 16.5. The van der Waals surface area contributed by atoms with Crippen molar-refractivity contribution >= 4 is 29.8 Å². The Labute approximate surface area is 223 Å². The Morgan fingerprint density at radius 3 is 2.74 bits per heavy atom. The van der Waals surface area contributed by atoms with Crippen LogP contribution in [0, 0.1) is 0 Å². The summed E-state index contributed by atoms with van der Waals surface area (Å²) in [5.41, 5.74) is 11.4. The lowest BCUT2D eigenvalue weighted by molar-refractivity contribution is -0.230. The highest BCUT2D eigenvalue weighted by Gasteiger charge is 2.73. The molecule has 6 rings (SSSR count). The Bertz CT molecular complexity index is 1330. The van der Waals surface area contributed by atoms with Crippen molar-refractivity contribution in [2.75, 3.05) is 26.2 Å². The molecule has 4 amide bonds. The predicted molar refractivity (Wildman–Crippen MR) is 137 cm³/mol. The van der Waals surface area contributed by atoms with E-state index < -0.39 is 47.4 Å². The van der Waals surface area contributed by atoms with E-state index in [2.05, 4.69) is 39.8 Å². The second kappa shape index (κ2) is 8.19. The van der Waals surface area contributed by atoms with E-state index in [1.165, 1.54) is 4.90 Å². The lowest BCUT2D eigenvalue weighted by atomic mass is 9.79. The Morgan fingerprint density at radius 2 is 2.03 bits per heavy atom. The van der Waals surface area contributed by atoms with Crippen molar-refractivity contribution in [1.82, 2.24) is 25.8 Å². The number of guanidine groups is 2. The molecule has 2 unspecified atom stereocenters. The molecule has 0 saturated carbocycles. The maximum absolute atomic E-state index is 13.5. The molecule has 0 bridgehead atoms. The van der Waals surface area contributed by atoms with Gasteiger partial charge in [0.25, 0.3) is 5.91 Å². The van der Waals surface area contributed by atoms with Crippen LogP contribution in [0.5, 0.6) is 5.75 Å². The molecule has 0 aliphatic carbocycles. The summed E-state index contributed by atoms with van der Waals surface area (Å²) >= 11 is 0. The smallest absolute Gasteiger partial charge is 0.324 e. The van der Waals surface area contributed by atoms with Gasteiger partial charge in [0.1, 0.15) is 17.8 Å². The molecule has 1 aromatic carbocycles. The zero-order valence-corrected chi connectivity index (χ0v) is 21.5. The number of urea groups is 1. The highest BCUT2D eigenvalue weighted by Crippen LogP contribution is 2.45. The first-order chi connectivity index (χ1) is 18.4. The molecule has 5 aliphatic heterocycles. The Morgan fingerprint density at radius 1 is 1.26 bits per heavy atom. The Kier molecular flexibility index (Phi) is 5.29. The van der Waals surface area contributed by atoms with Crippen molar-refractivity contribution in [3.05, 3.63) is 29.3 Å². The molecule has 15 heteroatoms. The number of carbonyl (C=O) groups is 3. The van der Waals surface area contributed by atoms with Crippen molar-refractivity contribution in [1.29, 1.82) is 0 Å². The van der Waals surface area contributed by atoms with Gasteiger partial charge >= 0.3 is 6.03 Å². The number of rotatable bonds is 4. The van der Waals surface area contributed by atoms with Gasteiger partial charge in [-0.1, -0.05) is 26.0 Å². The molecule has 0 radical (unpaired) electrons. The zero-order valence-electron chi connectivity index (χ0n) is 21.5. The first kappa shape index (κ1) is 25.2. The van der Waals surface area contributed by atoms with Crippen LogP contribution in [0.1, 0.15) is 36.2 Å². The van der Waals surface area contributed by atoms with Crippen molar-refractivity contribution < 1.29 is 29.3 Å². The van der Waals surface area contributed by atoms with Gasteiger partial charge in [-0.05, 0) is 17.9 Å². The van der Waals surface area contributed by atoms with Crippen LogP contribution in [0.25, 0.3) is 0 Å². The predicted octanol–water partition coefficient (Wildman–Crippen LogP) is -2.93. The van der Waals surface area contributed by atoms with Gasteiger partial charge in [0.15, 0.2) is 17.6 Å². The minimum atomic E-state index is -2.66. The van der Waals surface area contributed by atoms with Crippen LogP contribution in [0.2, 0.25) is 0 Å². The van der Waals surface area contributed by atoms with Gasteiger partial charge < -0.3 is 47.3 Å². The standard InChI is InChI=1S/C24H31N9O6/c1-22(2)6-7-39-16-11(4-3-5-12(16)22)18(35)29-14-10-33-20(26)28-13(9-32-15(34)8-27-21(32)36)17-23(33,24(14,37)38)31-19(25)30-17/h3-5,13-14,17,37-38H,6-10H2,1-2H3,(H2,26,28)(H,27,36)(H,29,35)(H3,25,30,31)/t13-,14?,17-,23?/m0/s1. The summed E-state index contributed by atoms with van der Waals surface area (Å²) in [5, 5.41) is 31.3. The summed E-state index contributed by atoms with van der Waals surface area (Å²) in [6.45, 7) is 4.09. The number of imide groups is 1. The monoisotopic (exact) mass is 541 g/mol. The first-order valence-corrected chi connectivity index (χ1v) is 12.7. The number of aliphatic imine (C=N–C) groups is 2. The number of para-hydroxylation sites is 1. The molecule has 9 N–H and O–H groups in total. The first-order valence-electron chi connectivity index (χ1n) is 12.7. The van der Waals surface area contributed by atoms with Crippen LogP contribution < -0.4 is 32.2 Å². The molecule has 2 saturated heterocycles. The lowest BCUT2D eigenvalue weighted by Gasteiger charge is -2.49. The maximum Gasteiger partial charge on any atom is 0.324 e. The van der Waals surface area contributed by atoms with E-state index in [9.17, 15) is 24.6 Å². The average Bonchev–Trinajstić information content (AvgIpc) is 3.46. The van der Waals surface area contributed by atoms with Crippen molar-refractivity contribution in [2.24, 2.45) is 21.5 Å². The fourth-order valence-electron chi connectivity index (χ4n) is 6.25. The summed E-state index contributed by atoms with van der Waals surface area (Å²) in [5.74, 6) is -3.42. The fraction of sp³-hybridized carbons (Fsp3) is 0.542. The summed E-state index contributed by atoms with van der Waals surface area (Å²) < 4.78 is 5.87. The largest absolute Gasteiger partial charge is 0.492 e. The van der Waals surface area contributed by atoms with Crippen LogP contribution in [0.15, 0.2) is 28.2 Å². The van der Waals surface area contributed by atoms with Gasteiger partial charge in [-0.25, -0.2) is 14.8 Å². The van der Waals surface area contributed by atoms with E-state index in [1.807, 2.05) is 6.07 Å². The van der Waals surface area contributed by atoms with Gasteiger partial charge in [0.2, 0.25) is 11.7 Å². The van der Waals surface area contributed by atoms with E-state index in [0.717, 1.165) is 16.9 Å². The minimum Gasteiger partial charge on any atom is -0.492 e. The molecule has 208 valence electrons. The number of benzene rings is 1. The molecule has 15 nitrogen and oxygen atoms in total. The van der Waals surface area contributed by atoms with Crippen LogP contribution in [-0.4, -0.2) is 106 Å². The summed E-state index contributed by atoms with van der Waals surface area (Å²) in [7, 11) is 0. The lowest BCUT2D eigenvalue weighted by Crippen LogP contribution is -2.78. The number of nitrogens with zero attached hydrogens (tertiary/aromatic N) is 4. The third-order valence-corrected chi connectivity index (χ3v) is 8.38. The topological polar surface area (TPSA) is 220 Å². The van der Waals surface area contributed by atoms with E-state index in [-0.39, 0.29) is 42.5 Å². The van der Waals surface area contributed by atoms with Gasteiger partial charge in [-0.2, -0.15) is 0 Å². The van der Waals surface area contributed by atoms with Crippen molar-refractivity contribution in [3.63, 3.8) is 0 Å². The number of ether oxygens (including phenoxy) is 1. The highest BCUT2D eigenvalue weighted by molar-refractivity contribution is 6.02. The molecule has 4 atom stereocenters. The fourth-order valence-corrected chi connectivity index (χ4v) is 6.25. The molecule has 5 heterocycles. The molecule has 0 aromatic heterocycles. The molecule has 39 heavy (non-hydrogen) atoms. The summed E-state index contributed by atoms with van der Waals surface area (Å²) in [4.78, 5) is 49.1. The number of fused-ring (bicyclic) bond motifs is 1. The summed E-state index contributed by atoms with van der Waals surface area (Å²) in [6.07, 6.45) is 0.792. The van der Waals surface area contributed by atoms with E-state index in [1.54, 1.807) is 12.1 Å². The number of hydrogen-bond donors (Lipinski definition) is 7. The number of nitrogens with two attached hydrogens (primary N) is 2. The number of carbonyl (C=O) groups excluding carboxylic acids is 3. The molecule has 5 aliphatic rings. The minimum absolute atomic E-state index is 0.0906. The van der Waals surface area contributed by atoms with Crippen LogP contribution in [0.4, 0.5) is 4.79 Å². The zero-order chi connectivity index (χ0) is 27.9. The molecular weight excluding hydrogens is 510 g/mol.